The minimum absolute atomic E-state index is 0.0223. The number of nitrogens with one attached hydrogen (secondary N) is 1. The van der Waals surface area contributed by atoms with Crippen LogP contribution in [-0.2, 0) is 16.6 Å². The van der Waals surface area contributed by atoms with Gasteiger partial charge in [-0.3, -0.25) is 4.79 Å². The standard InChI is InChI=1S/C20H28O2.C16H21NO2/c1-13(2)14-6-8-16-15(12-14)7-9-17-19(16,3)10-5-11-20(17,4)18(21)22;1-12(2)17-10-14(18)11-19-16-9-5-7-13-6-3-4-8-15(13)16/h6,8,12-13,17H,5,7,9-11H2,1-4H3,(H,21,22);3-9,12,14,17-18H,10-11H2,1-2H3/t17?,19-,20-;14-/m11/s1. The van der Waals surface area contributed by atoms with Gasteiger partial charge >= 0.3 is 5.97 Å². The summed E-state index contributed by atoms with van der Waals surface area (Å²) in [5.74, 6) is 1.02. The molecule has 222 valence electrons. The average Bonchev–Trinajstić information content (AvgIpc) is 2.94. The number of fused-ring (bicyclic) bond motifs is 4. The van der Waals surface area contributed by atoms with Crippen molar-refractivity contribution in [2.75, 3.05) is 13.2 Å². The van der Waals surface area contributed by atoms with Crippen molar-refractivity contribution in [3.8, 4) is 5.75 Å². The first-order chi connectivity index (χ1) is 19.5. The van der Waals surface area contributed by atoms with Crippen molar-refractivity contribution in [3.05, 3.63) is 77.4 Å². The number of hydrogen-bond acceptors (Lipinski definition) is 4. The summed E-state index contributed by atoms with van der Waals surface area (Å²) in [5.41, 5.74) is 3.73. The fourth-order valence-electron chi connectivity index (χ4n) is 7.06. The molecule has 0 amide bonds. The first-order valence-corrected chi connectivity index (χ1v) is 15.3. The Balaban J connectivity index is 0.000000191. The van der Waals surface area contributed by atoms with Crippen LogP contribution < -0.4 is 10.1 Å². The monoisotopic (exact) mass is 559 g/mol. The Morgan fingerprint density at radius 1 is 1.02 bits per heavy atom. The van der Waals surface area contributed by atoms with Crippen molar-refractivity contribution < 1.29 is 19.7 Å². The molecule has 1 saturated carbocycles. The van der Waals surface area contributed by atoms with Crippen molar-refractivity contribution in [2.45, 2.75) is 97.1 Å². The molecule has 5 nitrogen and oxygen atoms in total. The molecule has 2 aliphatic rings. The van der Waals surface area contributed by atoms with Crippen LogP contribution in [0.25, 0.3) is 10.8 Å². The maximum Gasteiger partial charge on any atom is 0.309 e. The number of aliphatic hydroxyl groups excluding tert-OH is 1. The van der Waals surface area contributed by atoms with Crippen molar-refractivity contribution in [3.63, 3.8) is 0 Å². The van der Waals surface area contributed by atoms with Gasteiger partial charge in [0.1, 0.15) is 18.5 Å². The predicted octanol–water partition coefficient (Wildman–Crippen LogP) is 7.48. The van der Waals surface area contributed by atoms with Gasteiger partial charge < -0.3 is 20.3 Å². The summed E-state index contributed by atoms with van der Waals surface area (Å²) in [6.45, 7) is 13.7. The van der Waals surface area contributed by atoms with E-state index >= 15 is 0 Å². The van der Waals surface area contributed by atoms with Gasteiger partial charge in [0.15, 0.2) is 0 Å². The number of aliphatic hydroxyl groups is 1. The lowest BCUT2D eigenvalue weighted by Gasteiger charge is -2.53. The largest absolute Gasteiger partial charge is 0.490 e. The Kier molecular flexibility index (Phi) is 9.81. The van der Waals surface area contributed by atoms with E-state index in [0.29, 0.717) is 25.1 Å². The van der Waals surface area contributed by atoms with Crippen molar-refractivity contribution in [1.29, 1.82) is 0 Å². The predicted molar refractivity (Wildman–Crippen MR) is 168 cm³/mol. The van der Waals surface area contributed by atoms with Crippen molar-refractivity contribution in [2.24, 2.45) is 11.3 Å². The Hall–Kier alpha value is -2.89. The maximum atomic E-state index is 11.9. The number of aryl methyl sites for hydroxylation is 1. The third-order valence-corrected chi connectivity index (χ3v) is 9.48. The fraction of sp³-hybridized carbons (Fsp3) is 0.528. The molecule has 0 heterocycles. The van der Waals surface area contributed by atoms with E-state index in [2.05, 4.69) is 70.3 Å². The van der Waals surface area contributed by atoms with E-state index in [1.807, 2.05) is 37.3 Å². The molecule has 4 atom stereocenters. The number of carboxylic acids is 1. The second-order valence-electron chi connectivity index (χ2n) is 13.2. The minimum Gasteiger partial charge on any atom is -0.490 e. The summed E-state index contributed by atoms with van der Waals surface area (Å²) in [6.07, 6.45) is 4.49. The zero-order valence-electron chi connectivity index (χ0n) is 25.7. The molecule has 1 unspecified atom stereocenters. The first-order valence-electron chi connectivity index (χ1n) is 15.3. The lowest BCUT2D eigenvalue weighted by molar-refractivity contribution is -0.157. The lowest BCUT2D eigenvalue weighted by Crippen LogP contribution is -2.52. The smallest absolute Gasteiger partial charge is 0.309 e. The van der Waals surface area contributed by atoms with Gasteiger partial charge in [-0.15, -0.1) is 0 Å². The molecule has 0 aliphatic heterocycles. The molecule has 41 heavy (non-hydrogen) atoms. The second-order valence-corrected chi connectivity index (χ2v) is 13.2. The Bertz CT molecular complexity index is 1330. The Labute approximate surface area is 246 Å². The van der Waals surface area contributed by atoms with Crippen LogP contribution in [0.1, 0.15) is 89.8 Å². The number of ether oxygens (including phenoxy) is 1. The van der Waals surface area contributed by atoms with Gasteiger partial charge in [-0.1, -0.05) is 95.6 Å². The summed E-state index contributed by atoms with van der Waals surface area (Å²) in [7, 11) is 0. The maximum absolute atomic E-state index is 11.9. The third-order valence-electron chi connectivity index (χ3n) is 9.48. The second kappa shape index (κ2) is 13.0. The van der Waals surface area contributed by atoms with Crippen LogP contribution in [0.2, 0.25) is 0 Å². The molecule has 0 spiro atoms. The van der Waals surface area contributed by atoms with Crippen molar-refractivity contribution in [1.82, 2.24) is 5.32 Å². The molecule has 0 aromatic heterocycles. The molecule has 3 N–H and O–H groups in total. The average molecular weight is 560 g/mol. The molecule has 1 fully saturated rings. The van der Waals surface area contributed by atoms with Crippen LogP contribution in [0.3, 0.4) is 0 Å². The number of hydrogen-bond donors (Lipinski definition) is 3. The highest BCUT2D eigenvalue weighted by Gasteiger charge is 2.55. The van der Waals surface area contributed by atoms with Gasteiger partial charge in [-0.2, -0.15) is 0 Å². The van der Waals surface area contributed by atoms with E-state index in [1.54, 1.807) is 0 Å². The van der Waals surface area contributed by atoms with Crippen LogP contribution in [-0.4, -0.2) is 41.5 Å². The van der Waals surface area contributed by atoms with E-state index in [4.69, 9.17) is 4.74 Å². The quantitative estimate of drug-likeness (QED) is 0.267. The highest BCUT2D eigenvalue weighted by atomic mass is 16.5. The fourth-order valence-corrected chi connectivity index (χ4v) is 7.06. The summed E-state index contributed by atoms with van der Waals surface area (Å²) in [5, 5.41) is 25.1. The number of aliphatic carboxylic acids is 1. The Morgan fingerprint density at radius 3 is 2.46 bits per heavy atom. The molecule has 0 radical (unpaired) electrons. The number of rotatable bonds is 8. The van der Waals surface area contributed by atoms with Gasteiger partial charge in [0, 0.05) is 18.0 Å². The molecule has 5 heteroatoms. The highest BCUT2D eigenvalue weighted by Crippen LogP contribution is 2.57. The number of carboxylic acid groups (broad SMARTS) is 1. The van der Waals surface area contributed by atoms with Gasteiger partial charge in [-0.25, -0.2) is 0 Å². The zero-order chi connectivity index (χ0) is 29.8. The minimum atomic E-state index is -0.606. The van der Waals surface area contributed by atoms with Crippen LogP contribution in [0.5, 0.6) is 5.75 Å². The zero-order valence-corrected chi connectivity index (χ0v) is 25.7. The van der Waals surface area contributed by atoms with E-state index in [0.717, 1.165) is 48.6 Å². The Morgan fingerprint density at radius 2 is 1.76 bits per heavy atom. The molecular weight excluding hydrogens is 510 g/mol. The molecule has 3 aromatic rings. The van der Waals surface area contributed by atoms with Gasteiger partial charge in [0.25, 0.3) is 0 Å². The number of benzene rings is 3. The van der Waals surface area contributed by atoms with Crippen LogP contribution in [0, 0.1) is 11.3 Å². The van der Waals surface area contributed by atoms with Crippen molar-refractivity contribution >= 4 is 16.7 Å². The summed E-state index contributed by atoms with van der Waals surface area (Å²) in [6, 6.07) is 21.3. The summed E-state index contributed by atoms with van der Waals surface area (Å²) >= 11 is 0. The SMILES string of the molecule is CC(C)NC[C@@H](O)COc1cccc2ccccc12.CC(C)c1ccc2c(c1)CCC1[C@](C)(C(=O)O)CCC[C@]21C. The third kappa shape index (κ3) is 6.79. The molecular formula is C36H49NO4. The first kappa shape index (κ1) is 31.1. The molecule has 3 aromatic carbocycles. The van der Waals surface area contributed by atoms with Gasteiger partial charge in [0.2, 0.25) is 0 Å². The van der Waals surface area contributed by atoms with Crippen LogP contribution in [0.15, 0.2) is 60.7 Å². The molecule has 0 saturated heterocycles. The lowest BCUT2D eigenvalue weighted by atomic mass is 9.50. The number of carbonyl (C=O) groups is 1. The summed E-state index contributed by atoms with van der Waals surface area (Å²) in [4.78, 5) is 11.9. The molecule has 2 aliphatic carbocycles. The molecule has 0 bridgehead atoms. The summed E-state index contributed by atoms with van der Waals surface area (Å²) < 4.78 is 5.72. The van der Waals surface area contributed by atoms with Gasteiger partial charge in [0.05, 0.1) is 5.41 Å². The van der Waals surface area contributed by atoms with Crippen LogP contribution >= 0.6 is 0 Å². The normalized spacial score (nSPS) is 24.3. The van der Waals surface area contributed by atoms with E-state index < -0.39 is 17.5 Å². The molecule has 5 rings (SSSR count). The van der Waals surface area contributed by atoms with Gasteiger partial charge in [-0.05, 0) is 78.0 Å². The van der Waals surface area contributed by atoms with Crippen LogP contribution in [0.4, 0.5) is 0 Å². The van der Waals surface area contributed by atoms with E-state index in [1.165, 1.54) is 16.7 Å². The van der Waals surface area contributed by atoms with E-state index in [9.17, 15) is 15.0 Å². The van der Waals surface area contributed by atoms with E-state index in [-0.39, 0.29) is 11.3 Å². The topological polar surface area (TPSA) is 78.8 Å². The highest BCUT2D eigenvalue weighted by molar-refractivity contribution is 5.88.